The second-order valence-electron chi connectivity index (χ2n) is 17.1. The van der Waals surface area contributed by atoms with E-state index in [0.29, 0.717) is 24.5 Å². The molecule has 5 heterocycles. The summed E-state index contributed by atoms with van der Waals surface area (Å²) >= 11 is 0. The Hall–Kier alpha value is -7.50. The van der Waals surface area contributed by atoms with Crippen LogP contribution in [0.3, 0.4) is 0 Å². The van der Waals surface area contributed by atoms with E-state index in [4.69, 9.17) is 9.72 Å². The Kier molecular flexibility index (Phi) is 13.1. The molecule has 6 aromatic rings. The molecule has 66 heavy (non-hydrogen) atoms. The van der Waals surface area contributed by atoms with E-state index >= 15 is 0 Å². The summed E-state index contributed by atoms with van der Waals surface area (Å²) in [5, 5.41) is 5.82. The van der Waals surface area contributed by atoms with E-state index in [0.717, 1.165) is 90.1 Å². The number of imidazole rings is 2. The first-order valence-corrected chi connectivity index (χ1v) is 22.6. The molecule has 14 heteroatoms. The largest absolute Gasteiger partial charge is 0.453 e. The van der Waals surface area contributed by atoms with Crippen LogP contribution in [-0.4, -0.2) is 98.3 Å². The van der Waals surface area contributed by atoms with Gasteiger partial charge in [0.1, 0.15) is 23.7 Å². The number of carbonyl (C=O) groups excluding carboxylic acids is 4. The molecule has 3 saturated heterocycles. The number of benzene rings is 4. The van der Waals surface area contributed by atoms with Crippen molar-refractivity contribution >= 4 is 23.8 Å². The van der Waals surface area contributed by atoms with Gasteiger partial charge in [0.25, 0.3) is 5.91 Å². The van der Waals surface area contributed by atoms with Crippen molar-refractivity contribution in [1.82, 2.24) is 45.3 Å². The van der Waals surface area contributed by atoms with Crippen molar-refractivity contribution in [3.05, 3.63) is 155 Å². The van der Waals surface area contributed by atoms with Gasteiger partial charge in [-0.25, -0.2) is 14.8 Å². The number of rotatable bonds is 11. The summed E-state index contributed by atoms with van der Waals surface area (Å²) < 4.78 is 4.83. The van der Waals surface area contributed by atoms with Gasteiger partial charge in [-0.05, 0) is 98.6 Å². The number of carbonyl (C=O) groups is 4. The van der Waals surface area contributed by atoms with Crippen molar-refractivity contribution in [3.8, 4) is 34.4 Å². The Morgan fingerprint density at radius 1 is 0.621 bits per heavy atom. The average Bonchev–Trinajstić information content (AvgIpc) is 4.23. The maximum atomic E-state index is 14.3. The molecular weight excluding hydrogens is 831 g/mol. The number of hydrogen-bond acceptors (Lipinski definition) is 8. The van der Waals surface area contributed by atoms with Crippen LogP contribution < -0.4 is 10.6 Å². The first kappa shape index (κ1) is 43.7. The Bertz CT molecular complexity index is 2730. The molecule has 4 N–H and O–H groups in total. The smallest absolute Gasteiger partial charge is 0.407 e. The maximum Gasteiger partial charge on any atom is 0.407 e. The normalized spacial score (nSPS) is 19.2. The molecule has 0 spiro atoms. The number of likely N-dealkylation sites (N-methyl/N-ethyl adjacent to an activating group) is 1. The van der Waals surface area contributed by atoms with E-state index in [9.17, 15) is 19.2 Å². The standard InChI is InChI=1S/C52H53N9O5/c1-59-29-9-18-44(59)49(62)57-45(38-12-5-3-6-13-38)50(63)60-30-10-16-42(60)47-53-32-40(55-47)36-25-21-34(22-26-36)19-20-35-23-27-37(28-24-35)41-33-54-48(56-41)43-17-11-31-61(43)51(64)46(58-52(65)66-2)39-14-7-4-8-15-39/h3-8,12-15,21-28,32-33,42-46H,9-11,16-18,29-31H2,1-2H3,(H,53,55)(H,54,56)(H,57,62)(H,58,65). The van der Waals surface area contributed by atoms with Crippen LogP contribution in [-0.2, 0) is 19.1 Å². The van der Waals surface area contributed by atoms with Crippen molar-refractivity contribution in [3.63, 3.8) is 0 Å². The summed E-state index contributed by atoms with van der Waals surface area (Å²) in [5.41, 5.74) is 6.72. The van der Waals surface area contributed by atoms with Gasteiger partial charge in [0.05, 0.1) is 49.0 Å². The SMILES string of the molecule is COC(=O)NC(C(=O)N1CCCC1c1ncc(-c2ccc(C#Cc3ccc(-c4cnc(C5CCCN5C(=O)C(NC(=O)C5CCCN5C)c5ccccc5)[nH]4)cc3)cc2)[nH]1)c1ccccc1. The zero-order valence-electron chi connectivity index (χ0n) is 37.1. The number of methoxy groups -OCH3 is 1. The summed E-state index contributed by atoms with van der Waals surface area (Å²) in [6.45, 7) is 2.00. The van der Waals surface area contributed by atoms with Crippen molar-refractivity contribution in [2.75, 3.05) is 33.8 Å². The molecule has 3 aliphatic heterocycles. The first-order chi connectivity index (χ1) is 32.2. The van der Waals surface area contributed by atoms with Gasteiger partial charge in [0.2, 0.25) is 11.8 Å². The number of aromatic nitrogens is 4. The van der Waals surface area contributed by atoms with Gasteiger partial charge in [0, 0.05) is 24.2 Å². The summed E-state index contributed by atoms with van der Waals surface area (Å²) in [6, 6.07) is 32.2. The summed E-state index contributed by atoms with van der Waals surface area (Å²) in [5.74, 6) is 7.50. The van der Waals surface area contributed by atoms with Crippen LogP contribution in [0.25, 0.3) is 22.5 Å². The third kappa shape index (κ3) is 9.48. The van der Waals surface area contributed by atoms with Gasteiger partial charge >= 0.3 is 6.09 Å². The van der Waals surface area contributed by atoms with Crippen LogP contribution in [0.2, 0.25) is 0 Å². The minimum absolute atomic E-state index is 0.116. The van der Waals surface area contributed by atoms with E-state index in [1.54, 1.807) is 11.1 Å². The predicted molar refractivity (Wildman–Crippen MR) is 249 cm³/mol. The van der Waals surface area contributed by atoms with Crippen molar-refractivity contribution < 1.29 is 23.9 Å². The number of hydrogen-bond donors (Lipinski definition) is 4. The monoisotopic (exact) mass is 883 g/mol. The molecule has 3 aliphatic rings. The summed E-state index contributed by atoms with van der Waals surface area (Å²) in [4.78, 5) is 75.9. The minimum atomic E-state index is -0.885. The molecule has 0 aliphatic carbocycles. The van der Waals surface area contributed by atoms with Gasteiger partial charge in [-0.2, -0.15) is 0 Å². The highest BCUT2D eigenvalue weighted by Crippen LogP contribution is 2.36. The Balaban J connectivity index is 0.831. The zero-order chi connectivity index (χ0) is 45.6. The maximum absolute atomic E-state index is 14.3. The fourth-order valence-electron chi connectivity index (χ4n) is 9.40. The molecule has 0 radical (unpaired) electrons. The fourth-order valence-corrected chi connectivity index (χ4v) is 9.40. The molecular formula is C52H53N9O5. The van der Waals surface area contributed by atoms with Crippen LogP contribution in [0.15, 0.2) is 122 Å². The van der Waals surface area contributed by atoms with E-state index in [1.807, 2.05) is 127 Å². The lowest BCUT2D eigenvalue weighted by Gasteiger charge is -2.30. The number of likely N-dealkylation sites (tertiary alicyclic amines) is 3. The third-order valence-electron chi connectivity index (χ3n) is 13.0. The highest BCUT2D eigenvalue weighted by atomic mass is 16.5. The predicted octanol–water partition coefficient (Wildman–Crippen LogP) is 7.24. The van der Waals surface area contributed by atoms with Crippen LogP contribution in [0, 0.1) is 11.8 Å². The molecule has 5 unspecified atom stereocenters. The van der Waals surface area contributed by atoms with Gasteiger partial charge in [-0.1, -0.05) is 96.8 Å². The molecule has 9 rings (SSSR count). The lowest BCUT2D eigenvalue weighted by molar-refractivity contribution is -0.138. The summed E-state index contributed by atoms with van der Waals surface area (Å²) in [7, 11) is 3.24. The second kappa shape index (κ2) is 19.7. The average molecular weight is 884 g/mol. The highest BCUT2D eigenvalue weighted by molar-refractivity contribution is 5.91. The van der Waals surface area contributed by atoms with Crippen molar-refractivity contribution in [1.29, 1.82) is 0 Å². The lowest BCUT2D eigenvalue weighted by Crippen LogP contribution is -2.48. The number of H-pyrrole nitrogens is 2. The first-order valence-electron chi connectivity index (χ1n) is 22.6. The van der Waals surface area contributed by atoms with Crippen LogP contribution in [0.1, 0.15) is 96.6 Å². The third-order valence-corrected chi connectivity index (χ3v) is 13.0. The van der Waals surface area contributed by atoms with E-state index < -0.39 is 18.2 Å². The lowest BCUT2D eigenvalue weighted by atomic mass is 10.0. The number of nitrogens with one attached hydrogen (secondary N) is 4. The Labute approximate surface area is 384 Å². The molecule has 0 saturated carbocycles. The number of nitrogens with zero attached hydrogens (tertiary/aromatic N) is 5. The molecule has 4 aromatic carbocycles. The quantitative estimate of drug-likeness (QED) is 0.0988. The van der Waals surface area contributed by atoms with E-state index in [2.05, 4.69) is 42.3 Å². The second-order valence-corrected chi connectivity index (χ2v) is 17.1. The number of aromatic amines is 2. The van der Waals surface area contributed by atoms with Crippen LogP contribution in [0.5, 0.6) is 0 Å². The topological polar surface area (TPSA) is 169 Å². The van der Waals surface area contributed by atoms with Gasteiger partial charge in [0.15, 0.2) is 0 Å². The van der Waals surface area contributed by atoms with Crippen LogP contribution in [0.4, 0.5) is 4.79 Å². The van der Waals surface area contributed by atoms with Gasteiger partial charge in [-0.3, -0.25) is 19.3 Å². The molecule has 3 fully saturated rings. The van der Waals surface area contributed by atoms with Crippen molar-refractivity contribution in [2.45, 2.75) is 68.7 Å². The molecule has 4 amide bonds. The molecule has 14 nitrogen and oxygen atoms in total. The van der Waals surface area contributed by atoms with Crippen LogP contribution >= 0.6 is 0 Å². The molecule has 0 bridgehead atoms. The summed E-state index contributed by atoms with van der Waals surface area (Å²) in [6.07, 6.45) is 7.83. The Morgan fingerprint density at radius 2 is 1.08 bits per heavy atom. The number of alkyl carbamates (subject to hydrolysis) is 1. The zero-order valence-corrected chi connectivity index (χ0v) is 37.1. The highest BCUT2D eigenvalue weighted by Gasteiger charge is 2.39. The Morgan fingerprint density at radius 3 is 1.52 bits per heavy atom. The van der Waals surface area contributed by atoms with E-state index in [1.165, 1.54) is 7.11 Å². The molecule has 5 atom stereocenters. The fraction of sp³-hybridized carbons (Fsp3) is 0.308. The molecule has 2 aromatic heterocycles. The van der Waals surface area contributed by atoms with Crippen molar-refractivity contribution in [2.24, 2.45) is 0 Å². The molecule has 336 valence electrons. The minimum Gasteiger partial charge on any atom is -0.453 e. The number of amides is 4. The van der Waals surface area contributed by atoms with Gasteiger partial charge in [-0.15, -0.1) is 0 Å². The number of ether oxygens (including phenoxy) is 1. The van der Waals surface area contributed by atoms with E-state index in [-0.39, 0.29) is 35.8 Å². The van der Waals surface area contributed by atoms with Gasteiger partial charge < -0.3 is 35.1 Å².